The Hall–Kier alpha value is -3.45. The van der Waals surface area contributed by atoms with Gasteiger partial charge in [-0.25, -0.2) is 4.90 Å². The van der Waals surface area contributed by atoms with Gasteiger partial charge in [0.15, 0.2) is 0 Å². The minimum atomic E-state index is -0.367. The summed E-state index contributed by atoms with van der Waals surface area (Å²) in [6.07, 6.45) is 2.52. The largest absolute Gasteiger partial charge is 0.269 e. The number of nitriles is 1. The molecule has 0 aliphatic carbocycles. The van der Waals surface area contributed by atoms with Gasteiger partial charge in [-0.2, -0.15) is 5.26 Å². The van der Waals surface area contributed by atoms with E-state index in [0.717, 1.165) is 27.2 Å². The van der Waals surface area contributed by atoms with Crippen LogP contribution in [0.15, 0.2) is 61.2 Å². The number of nitrogens with zero attached hydrogens (tertiary/aromatic N) is 2. The molecule has 1 aliphatic rings. The number of benzene rings is 2. The summed E-state index contributed by atoms with van der Waals surface area (Å²) in [5, 5.41) is 8.93. The molecule has 0 spiro atoms. The van der Waals surface area contributed by atoms with Crippen molar-refractivity contribution >= 4 is 23.1 Å². The van der Waals surface area contributed by atoms with Crippen LogP contribution in [0, 0.1) is 11.3 Å². The lowest BCUT2D eigenvalue weighted by molar-refractivity contribution is -0.119. The summed E-state index contributed by atoms with van der Waals surface area (Å²) in [5.41, 5.74) is 4.33. The molecule has 0 saturated heterocycles. The highest BCUT2D eigenvalue weighted by Gasteiger charge is 2.27. The van der Waals surface area contributed by atoms with Gasteiger partial charge in [0.25, 0.3) is 11.8 Å². The topological polar surface area (TPSA) is 61.2 Å². The Labute approximate surface area is 139 Å². The van der Waals surface area contributed by atoms with Gasteiger partial charge in [0, 0.05) is 17.7 Å². The Morgan fingerprint density at radius 2 is 1.67 bits per heavy atom. The summed E-state index contributed by atoms with van der Waals surface area (Å²) in [4.78, 5) is 25.4. The van der Waals surface area contributed by atoms with Crippen molar-refractivity contribution in [2.45, 2.75) is 6.92 Å². The predicted molar refractivity (Wildman–Crippen MR) is 92.9 cm³/mol. The van der Waals surface area contributed by atoms with Gasteiger partial charge in [0.1, 0.15) is 0 Å². The molecule has 0 atom stereocenters. The normalized spacial score (nSPS) is 13.2. The molecule has 2 aromatic carbocycles. The van der Waals surface area contributed by atoms with Gasteiger partial charge in [0.2, 0.25) is 0 Å². The van der Waals surface area contributed by atoms with Crippen molar-refractivity contribution in [3.63, 3.8) is 0 Å². The number of anilines is 1. The second kappa shape index (κ2) is 5.98. The number of imide groups is 1. The molecule has 0 N–H and O–H groups in total. The van der Waals surface area contributed by atoms with Crippen LogP contribution < -0.4 is 4.90 Å². The van der Waals surface area contributed by atoms with Crippen LogP contribution >= 0.6 is 0 Å². The number of carbonyl (C=O) groups is 2. The van der Waals surface area contributed by atoms with E-state index in [1.807, 2.05) is 19.1 Å². The second-order valence-electron chi connectivity index (χ2n) is 5.55. The Kier molecular flexibility index (Phi) is 3.85. The lowest BCUT2D eigenvalue weighted by Gasteiger charge is -2.20. The van der Waals surface area contributed by atoms with E-state index in [2.05, 4.69) is 12.6 Å². The Balaban J connectivity index is 2.18. The number of carbonyl (C=O) groups excluding carboxylic acids is 2. The van der Waals surface area contributed by atoms with E-state index in [4.69, 9.17) is 5.26 Å². The molecule has 4 nitrogen and oxygen atoms in total. The highest BCUT2D eigenvalue weighted by atomic mass is 16.2. The Bertz CT molecular complexity index is 913. The molecule has 0 fully saturated rings. The van der Waals surface area contributed by atoms with Crippen LogP contribution in [0.25, 0.3) is 16.7 Å². The van der Waals surface area contributed by atoms with E-state index in [1.54, 1.807) is 30.3 Å². The number of hydrogen-bond acceptors (Lipinski definition) is 3. The Morgan fingerprint density at radius 1 is 1.04 bits per heavy atom. The van der Waals surface area contributed by atoms with E-state index in [9.17, 15) is 9.59 Å². The molecule has 0 saturated carbocycles. The van der Waals surface area contributed by atoms with Crippen molar-refractivity contribution in [1.82, 2.24) is 0 Å². The maximum Gasteiger partial charge on any atom is 0.258 e. The van der Waals surface area contributed by atoms with Crippen LogP contribution in [0.5, 0.6) is 0 Å². The van der Waals surface area contributed by atoms with Gasteiger partial charge in [-0.05, 0) is 36.2 Å². The molecule has 4 heteroatoms. The maximum absolute atomic E-state index is 12.1. The molecule has 0 unspecified atom stereocenters. The van der Waals surface area contributed by atoms with E-state index >= 15 is 0 Å². The van der Waals surface area contributed by atoms with Crippen molar-refractivity contribution in [3.8, 4) is 17.2 Å². The molecule has 24 heavy (non-hydrogen) atoms. The van der Waals surface area contributed by atoms with Crippen LogP contribution in [0.1, 0.15) is 18.1 Å². The van der Waals surface area contributed by atoms with Crippen LogP contribution in [0.3, 0.4) is 0 Å². The fraction of sp³-hybridized carbons (Fsp3) is 0.0500. The van der Waals surface area contributed by atoms with Crippen LogP contribution in [0.4, 0.5) is 5.69 Å². The van der Waals surface area contributed by atoms with Gasteiger partial charge in [-0.3, -0.25) is 9.59 Å². The van der Waals surface area contributed by atoms with E-state index in [1.165, 1.54) is 12.2 Å². The predicted octanol–water partition coefficient (Wildman–Crippen LogP) is 3.69. The molecule has 1 aliphatic heterocycles. The first-order chi connectivity index (χ1) is 11.5. The second-order valence-corrected chi connectivity index (χ2v) is 5.55. The first-order valence-electron chi connectivity index (χ1n) is 7.38. The molecule has 0 aromatic heterocycles. The fourth-order valence-corrected chi connectivity index (χ4v) is 2.59. The van der Waals surface area contributed by atoms with Gasteiger partial charge in [-0.1, -0.05) is 36.4 Å². The van der Waals surface area contributed by atoms with E-state index < -0.39 is 0 Å². The van der Waals surface area contributed by atoms with E-state index in [-0.39, 0.29) is 11.8 Å². The number of rotatable bonds is 3. The average molecular weight is 314 g/mol. The first-order valence-corrected chi connectivity index (χ1v) is 7.38. The molecule has 116 valence electrons. The van der Waals surface area contributed by atoms with Gasteiger partial charge < -0.3 is 0 Å². The van der Waals surface area contributed by atoms with Crippen molar-refractivity contribution in [1.29, 1.82) is 5.26 Å². The van der Waals surface area contributed by atoms with Crippen LogP contribution in [-0.4, -0.2) is 11.8 Å². The van der Waals surface area contributed by atoms with Crippen LogP contribution in [0.2, 0.25) is 0 Å². The van der Waals surface area contributed by atoms with Gasteiger partial charge in [-0.15, -0.1) is 0 Å². The monoisotopic (exact) mass is 314 g/mol. The summed E-state index contributed by atoms with van der Waals surface area (Å²) in [6, 6.07) is 14.6. The third-order valence-electron chi connectivity index (χ3n) is 3.87. The van der Waals surface area contributed by atoms with Gasteiger partial charge in [0.05, 0.1) is 17.3 Å². The Morgan fingerprint density at radius 3 is 2.21 bits per heavy atom. The molecule has 3 rings (SSSR count). The molecule has 2 aromatic rings. The lowest BCUT2D eigenvalue weighted by Crippen LogP contribution is -2.30. The quantitative estimate of drug-likeness (QED) is 0.812. The zero-order valence-electron chi connectivity index (χ0n) is 13.1. The standard InChI is InChI=1S/C20H14N2O2/c1-13(2)16-7-8-17(15-5-3-14(12-21)4-6-15)18(11-16)22-19(23)9-10-20(22)24/h3-11H,1H2,2H3. The van der Waals surface area contributed by atoms with Gasteiger partial charge >= 0.3 is 0 Å². The molecular formula is C20H14N2O2. The zero-order chi connectivity index (χ0) is 17.3. The summed E-state index contributed by atoms with van der Waals surface area (Å²) in [7, 11) is 0. The zero-order valence-corrected chi connectivity index (χ0v) is 13.1. The average Bonchev–Trinajstić information content (AvgIpc) is 2.93. The number of hydrogen-bond donors (Lipinski definition) is 0. The number of allylic oxidation sites excluding steroid dienone is 1. The summed E-state index contributed by atoms with van der Waals surface area (Å²) < 4.78 is 0. The van der Waals surface area contributed by atoms with Crippen molar-refractivity contribution < 1.29 is 9.59 Å². The minimum absolute atomic E-state index is 0.367. The lowest BCUT2D eigenvalue weighted by atomic mass is 9.98. The van der Waals surface area contributed by atoms with Crippen molar-refractivity contribution in [2.75, 3.05) is 4.90 Å². The van der Waals surface area contributed by atoms with E-state index in [0.29, 0.717) is 11.3 Å². The summed E-state index contributed by atoms with van der Waals surface area (Å²) in [6.45, 7) is 5.78. The maximum atomic E-state index is 12.1. The summed E-state index contributed by atoms with van der Waals surface area (Å²) in [5.74, 6) is -0.734. The van der Waals surface area contributed by atoms with Crippen molar-refractivity contribution in [2.24, 2.45) is 0 Å². The SMILES string of the molecule is C=C(C)c1ccc(-c2ccc(C#N)cc2)c(N2C(=O)C=CC2=O)c1. The fourth-order valence-electron chi connectivity index (χ4n) is 2.59. The molecule has 0 bridgehead atoms. The molecule has 2 amide bonds. The van der Waals surface area contributed by atoms with Crippen LogP contribution in [-0.2, 0) is 9.59 Å². The van der Waals surface area contributed by atoms with Crippen molar-refractivity contribution in [3.05, 3.63) is 72.3 Å². The molecular weight excluding hydrogens is 300 g/mol. The highest BCUT2D eigenvalue weighted by Crippen LogP contribution is 2.35. The third kappa shape index (κ3) is 2.64. The highest BCUT2D eigenvalue weighted by molar-refractivity contribution is 6.29. The number of amides is 2. The smallest absolute Gasteiger partial charge is 0.258 e. The minimum Gasteiger partial charge on any atom is -0.269 e. The third-order valence-corrected chi connectivity index (χ3v) is 3.87. The molecule has 0 radical (unpaired) electrons. The first kappa shape index (κ1) is 15.4. The molecule has 1 heterocycles. The summed E-state index contributed by atoms with van der Waals surface area (Å²) >= 11 is 0.